The van der Waals surface area contributed by atoms with Crippen molar-refractivity contribution in [3.05, 3.63) is 62.0 Å². The molecule has 0 aromatic heterocycles. The van der Waals surface area contributed by atoms with Crippen LogP contribution in [0.4, 0.5) is 0 Å². The molecule has 0 aliphatic carbocycles. The topological polar surface area (TPSA) is 58.6 Å². The van der Waals surface area contributed by atoms with E-state index in [1.54, 1.807) is 18.2 Å². The maximum atomic E-state index is 13.4. The highest BCUT2D eigenvalue weighted by atomic mass is 79.9. The number of benzene rings is 2. The lowest BCUT2D eigenvalue weighted by Gasteiger charge is -2.32. The van der Waals surface area contributed by atoms with E-state index < -0.39 is 6.04 Å². The molecular formula is C26H33BrCl2N2O3. The molecule has 0 unspecified atom stereocenters. The van der Waals surface area contributed by atoms with Crippen molar-refractivity contribution in [1.29, 1.82) is 0 Å². The Morgan fingerprint density at radius 1 is 1.06 bits per heavy atom. The molecule has 5 nitrogen and oxygen atoms in total. The van der Waals surface area contributed by atoms with Gasteiger partial charge in [-0.05, 0) is 71.4 Å². The molecule has 34 heavy (non-hydrogen) atoms. The Hall–Kier alpha value is -1.76. The van der Waals surface area contributed by atoms with Gasteiger partial charge in [-0.1, -0.05) is 63.0 Å². The summed E-state index contributed by atoms with van der Waals surface area (Å²) in [5.41, 5.74) is 1.75. The van der Waals surface area contributed by atoms with Gasteiger partial charge in [0.1, 0.15) is 11.8 Å². The number of nitrogens with one attached hydrogen (secondary N) is 1. The second-order valence-electron chi connectivity index (χ2n) is 8.60. The third-order valence-corrected chi connectivity index (χ3v) is 7.08. The maximum absolute atomic E-state index is 13.4. The van der Waals surface area contributed by atoms with Crippen LogP contribution in [0, 0.1) is 0 Å². The van der Waals surface area contributed by atoms with Crippen molar-refractivity contribution in [1.82, 2.24) is 10.2 Å². The van der Waals surface area contributed by atoms with E-state index in [1.165, 1.54) is 4.90 Å². The quantitative estimate of drug-likeness (QED) is 0.316. The molecule has 2 atom stereocenters. The Morgan fingerprint density at radius 2 is 1.71 bits per heavy atom. The summed E-state index contributed by atoms with van der Waals surface area (Å²) in [5, 5.41) is 3.86. The minimum Gasteiger partial charge on any atom is -0.483 e. The zero-order chi connectivity index (χ0) is 25.4. The minimum atomic E-state index is -0.691. The van der Waals surface area contributed by atoms with Crippen molar-refractivity contribution in [3.63, 3.8) is 0 Å². The molecule has 2 rings (SSSR count). The van der Waals surface area contributed by atoms with Gasteiger partial charge in [-0.15, -0.1) is 0 Å². The third kappa shape index (κ3) is 7.62. The van der Waals surface area contributed by atoms with Gasteiger partial charge >= 0.3 is 0 Å². The number of carbonyl (C=O) groups excluding carboxylic acids is 2. The van der Waals surface area contributed by atoms with E-state index in [4.69, 9.17) is 27.9 Å². The largest absolute Gasteiger partial charge is 0.483 e. The third-order valence-electron chi connectivity index (χ3n) is 5.75. The van der Waals surface area contributed by atoms with E-state index in [9.17, 15) is 9.59 Å². The van der Waals surface area contributed by atoms with E-state index in [0.29, 0.717) is 33.7 Å². The molecule has 0 fully saturated rings. The molecule has 0 saturated heterocycles. The van der Waals surface area contributed by atoms with Crippen LogP contribution in [-0.2, 0) is 16.1 Å². The number of ether oxygens (including phenoxy) is 1. The molecule has 2 aromatic rings. The van der Waals surface area contributed by atoms with Crippen LogP contribution < -0.4 is 10.1 Å². The Kier molecular flexibility index (Phi) is 11.2. The van der Waals surface area contributed by atoms with Gasteiger partial charge in [0.05, 0.1) is 4.47 Å². The normalized spacial score (nSPS) is 12.9. The lowest BCUT2D eigenvalue weighted by molar-refractivity contribution is -0.143. The van der Waals surface area contributed by atoms with Gasteiger partial charge < -0.3 is 15.0 Å². The Balaban J connectivity index is 2.30. The number of hydrogen-bond acceptors (Lipinski definition) is 3. The number of halogens is 3. The van der Waals surface area contributed by atoms with Gasteiger partial charge in [-0.25, -0.2) is 0 Å². The van der Waals surface area contributed by atoms with Crippen LogP contribution in [-0.4, -0.2) is 35.4 Å². The SMILES string of the molecule is CC[C@@H](C)NC(=O)[C@@H](CC)N(Cc1c(Cl)cccc1Cl)C(=O)COc1ccc(C(C)C)cc1Br. The number of rotatable bonds is 11. The summed E-state index contributed by atoms with van der Waals surface area (Å²) in [6.45, 7) is 9.89. The zero-order valence-corrected chi connectivity index (χ0v) is 23.4. The van der Waals surface area contributed by atoms with E-state index in [1.807, 2.05) is 39.0 Å². The molecule has 0 aliphatic heterocycles. The van der Waals surface area contributed by atoms with Crippen molar-refractivity contribution < 1.29 is 14.3 Å². The molecule has 186 valence electrons. The predicted molar refractivity (Wildman–Crippen MR) is 143 cm³/mol. The summed E-state index contributed by atoms with van der Waals surface area (Å²) in [4.78, 5) is 28.0. The van der Waals surface area contributed by atoms with Crippen LogP contribution >= 0.6 is 39.1 Å². The molecule has 0 heterocycles. The van der Waals surface area contributed by atoms with Crippen molar-refractivity contribution in [2.45, 2.75) is 72.0 Å². The molecule has 1 N–H and O–H groups in total. The molecule has 2 aromatic carbocycles. The average Bonchev–Trinajstić information content (AvgIpc) is 2.79. The standard InChI is InChI=1S/C26H33BrCl2N2O3/c1-6-17(5)30-26(33)23(7-2)31(14-19-21(28)9-8-10-22(19)29)25(32)15-34-24-12-11-18(16(3)4)13-20(24)27/h8-13,16-17,23H,6-7,14-15H2,1-5H3,(H,30,33)/t17-,23-/m1/s1. The van der Waals surface area contributed by atoms with Crippen LogP contribution in [0.15, 0.2) is 40.9 Å². The fourth-order valence-electron chi connectivity index (χ4n) is 3.43. The van der Waals surface area contributed by atoms with E-state index in [0.717, 1.165) is 16.5 Å². The van der Waals surface area contributed by atoms with E-state index >= 15 is 0 Å². The molecule has 8 heteroatoms. The first kappa shape index (κ1) is 28.5. The first-order chi connectivity index (χ1) is 16.1. The van der Waals surface area contributed by atoms with Gasteiger partial charge in [-0.3, -0.25) is 9.59 Å². The van der Waals surface area contributed by atoms with Crippen LogP contribution in [0.3, 0.4) is 0 Å². The van der Waals surface area contributed by atoms with Crippen LogP contribution in [0.25, 0.3) is 0 Å². The zero-order valence-electron chi connectivity index (χ0n) is 20.3. The highest BCUT2D eigenvalue weighted by molar-refractivity contribution is 9.10. The van der Waals surface area contributed by atoms with Gasteiger partial charge in [0, 0.05) is 28.2 Å². The summed E-state index contributed by atoms with van der Waals surface area (Å²) in [7, 11) is 0. The number of carbonyl (C=O) groups is 2. The van der Waals surface area contributed by atoms with Crippen molar-refractivity contribution in [2.75, 3.05) is 6.61 Å². The second kappa shape index (κ2) is 13.4. The number of hydrogen-bond donors (Lipinski definition) is 1. The predicted octanol–water partition coefficient (Wildman–Crippen LogP) is 6.98. The van der Waals surface area contributed by atoms with Gasteiger partial charge in [0.25, 0.3) is 5.91 Å². The highest BCUT2D eigenvalue weighted by Gasteiger charge is 2.30. The smallest absolute Gasteiger partial charge is 0.261 e. The molecule has 0 radical (unpaired) electrons. The first-order valence-electron chi connectivity index (χ1n) is 11.5. The first-order valence-corrected chi connectivity index (χ1v) is 13.1. The molecule has 0 spiro atoms. The fourth-order valence-corrected chi connectivity index (χ4v) is 4.46. The van der Waals surface area contributed by atoms with E-state index in [2.05, 4.69) is 35.1 Å². The Morgan fingerprint density at radius 3 is 2.24 bits per heavy atom. The Bertz CT molecular complexity index is 980. The molecule has 0 saturated carbocycles. The molecule has 0 aliphatic rings. The van der Waals surface area contributed by atoms with Crippen LogP contribution in [0.5, 0.6) is 5.75 Å². The summed E-state index contributed by atoms with van der Waals surface area (Å²) in [6.07, 6.45) is 1.22. The summed E-state index contributed by atoms with van der Waals surface area (Å²) in [6, 6.07) is 10.3. The monoisotopic (exact) mass is 570 g/mol. The van der Waals surface area contributed by atoms with Gasteiger partial charge in [0.2, 0.25) is 5.91 Å². The maximum Gasteiger partial charge on any atom is 0.261 e. The summed E-state index contributed by atoms with van der Waals surface area (Å²) >= 11 is 16.3. The fraction of sp³-hybridized carbons (Fsp3) is 0.462. The number of amides is 2. The Labute approximate surface area is 221 Å². The van der Waals surface area contributed by atoms with Crippen LogP contribution in [0.1, 0.15) is 64.5 Å². The number of nitrogens with zero attached hydrogens (tertiary/aromatic N) is 1. The average molecular weight is 572 g/mol. The summed E-state index contributed by atoms with van der Waals surface area (Å²) in [5.74, 6) is 0.389. The molecule has 0 bridgehead atoms. The highest BCUT2D eigenvalue weighted by Crippen LogP contribution is 2.30. The second-order valence-corrected chi connectivity index (χ2v) is 10.3. The van der Waals surface area contributed by atoms with Crippen LogP contribution in [0.2, 0.25) is 10.0 Å². The van der Waals surface area contributed by atoms with Crippen molar-refractivity contribution >= 4 is 50.9 Å². The lowest BCUT2D eigenvalue weighted by Crippen LogP contribution is -2.51. The van der Waals surface area contributed by atoms with E-state index in [-0.39, 0.29) is 31.0 Å². The molecular weight excluding hydrogens is 539 g/mol. The van der Waals surface area contributed by atoms with Gasteiger partial charge in [0.15, 0.2) is 6.61 Å². The van der Waals surface area contributed by atoms with Gasteiger partial charge in [-0.2, -0.15) is 0 Å². The lowest BCUT2D eigenvalue weighted by atomic mass is 10.0. The van der Waals surface area contributed by atoms with Crippen molar-refractivity contribution in [2.24, 2.45) is 0 Å². The molecule has 2 amide bonds. The van der Waals surface area contributed by atoms with Crippen molar-refractivity contribution in [3.8, 4) is 5.75 Å². The summed E-state index contributed by atoms with van der Waals surface area (Å²) < 4.78 is 6.63. The minimum absolute atomic E-state index is 0.00548.